The Morgan fingerprint density at radius 1 is 1.50 bits per heavy atom. The summed E-state index contributed by atoms with van der Waals surface area (Å²) in [5, 5.41) is 13.2. The molecule has 0 aromatic heterocycles. The van der Waals surface area contributed by atoms with Crippen molar-refractivity contribution in [1.29, 1.82) is 0 Å². The van der Waals surface area contributed by atoms with Gasteiger partial charge < -0.3 is 19.9 Å². The number of carbonyl (C=O) groups is 1. The lowest BCUT2D eigenvalue weighted by atomic mass is 9.76. The second kappa shape index (κ2) is 4.71. The molecule has 4 aliphatic rings. The number of nitrogens with one attached hydrogen (secondary N) is 1. The molecule has 128 valence electrons. The third kappa shape index (κ3) is 1.64. The van der Waals surface area contributed by atoms with Crippen molar-refractivity contribution < 1.29 is 19.4 Å². The van der Waals surface area contributed by atoms with Crippen LogP contribution in [-0.4, -0.2) is 54.0 Å². The van der Waals surface area contributed by atoms with Gasteiger partial charge in [0.25, 0.3) is 0 Å². The Balaban J connectivity index is 1.67. The second-order valence-corrected chi connectivity index (χ2v) is 7.63. The van der Waals surface area contributed by atoms with Gasteiger partial charge >= 0.3 is 5.97 Å². The molecule has 1 aromatic rings. The van der Waals surface area contributed by atoms with Gasteiger partial charge in [-0.1, -0.05) is 12.1 Å². The fourth-order valence-corrected chi connectivity index (χ4v) is 5.59. The summed E-state index contributed by atoms with van der Waals surface area (Å²) in [6.45, 7) is 2.82. The third-order valence-electron chi connectivity index (χ3n) is 6.46. The Morgan fingerprint density at radius 3 is 3.08 bits per heavy atom. The SMILES string of the molecule is COc1cccc2c1[C@]1(C)CO[C@@H]3[C@H]4C[C@@H](C(=O)O)[C@H](N4)[C@H](C2)N31. The van der Waals surface area contributed by atoms with E-state index in [1.54, 1.807) is 7.11 Å². The fraction of sp³-hybridized carbons (Fsp3) is 0.611. The van der Waals surface area contributed by atoms with Gasteiger partial charge in [0.2, 0.25) is 0 Å². The van der Waals surface area contributed by atoms with E-state index in [0.717, 1.165) is 12.2 Å². The van der Waals surface area contributed by atoms with Crippen LogP contribution in [0.5, 0.6) is 5.75 Å². The summed E-state index contributed by atoms with van der Waals surface area (Å²) < 4.78 is 11.8. The molecule has 0 saturated carbocycles. The predicted octanol–water partition coefficient (Wildman–Crippen LogP) is 0.938. The molecule has 1 aromatic carbocycles. The van der Waals surface area contributed by atoms with Gasteiger partial charge in [0.1, 0.15) is 12.0 Å². The van der Waals surface area contributed by atoms with E-state index in [1.165, 1.54) is 11.1 Å². The van der Waals surface area contributed by atoms with E-state index in [-0.39, 0.29) is 35.8 Å². The maximum Gasteiger partial charge on any atom is 0.308 e. The molecule has 2 N–H and O–H groups in total. The van der Waals surface area contributed by atoms with Gasteiger partial charge in [-0.15, -0.1) is 0 Å². The topological polar surface area (TPSA) is 71.0 Å². The molecule has 2 bridgehead atoms. The van der Waals surface area contributed by atoms with E-state index in [1.807, 2.05) is 12.1 Å². The van der Waals surface area contributed by atoms with E-state index in [2.05, 4.69) is 23.2 Å². The highest BCUT2D eigenvalue weighted by Crippen LogP contribution is 2.53. The minimum atomic E-state index is -0.700. The summed E-state index contributed by atoms with van der Waals surface area (Å²) in [5.41, 5.74) is 2.19. The summed E-state index contributed by atoms with van der Waals surface area (Å²) in [6, 6.07) is 6.38. The molecule has 24 heavy (non-hydrogen) atoms. The fourth-order valence-electron chi connectivity index (χ4n) is 5.59. The zero-order valence-corrected chi connectivity index (χ0v) is 13.9. The first kappa shape index (κ1) is 14.7. The van der Waals surface area contributed by atoms with Crippen molar-refractivity contribution in [2.24, 2.45) is 5.92 Å². The van der Waals surface area contributed by atoms with E-state index >= 15 is 0 Å². The summed E-state index contributed by atoms with van der Waals surface area (Å²) in [4.78, 5) is 14.2. The molecule has 3 saturated heterocycles. The number of hydrogen-bond donors (Lipinski definition) is 2. The number of methoxy groups -OCH3 is 1. The van der Waals surface area contributed by atoms with Gasteiger partial charge in [-0.25, -0.2) is 0 Å². The maximum atomic E-state index is 11.7. The molecule has 6 nitrogen and oxygen atoms in total. The summed E-state index contributed by atoms with van der Waals surface area (Å²) >= 11 is 0. The number of benzene rings is 1. The van der Waals surface area contributed by atoms with Crippen LogP contribution in [0.1, 0.15) is 24.5 Å². The summed E-state index contributed by atoms with van der Waals surface area (Å²) in [5.74, 6) is -0.140. The molecule has 4 aliphatic heterocycles. The number of nitrogens with zero attached hydrogens (tertiary/aromatic N) is 1. The quantitative estimate of drug-likeness (QED) is 0.841. The zero-order chi connectivity index (χ0) is 16.6. The second-order valence-electron chi connectivity index (χ2n) is 7.63. The molecule has 4 heterocycles. The average molecular weight is 330 g/mol. The number of piperazine rings is 1. The van der Waals surface area contributed by atoms with Crippen LogP contribution in [-0.2, 0) is 21.5 Å². The Bertz CT molecular complexity index is 723. The summed E-state index contributed by atoms with van der Waals surface area (Å²) in [7, 11) is 1.71. The van der Waals surface area contributed by atoms with Crippen molar-refractivity contribution in [3.8, 4) is 5.75 Å². The maximum absolute atomic E-state index is 11.7. The molecule has 0 amide bonds. The highest BCUT2D eigenvalue weighted by molar-refractivity contribution is 5.72. The lowest BCUT2D eigenvalue weighted by Crippen LogP contribution is -2.68. The van der Waals surface area contributed by atoms with Crippen molar-refractivity contribution in [3.05, 3.63) is 29.3 Å². The number of fused-ring (bicyclic) bond motifs is 6. The standard InChI is InChI=1S/C18H22N2O4/c1-18-8-24-16-11-7-10(17(21)22)15(19-11)12(20(16)18)6-9-4-3-5-13(23-2)14(9)18/h3-5,10-12,15-16,19H,6-8H2,1-2H3,(H,21,22)/t10-,11-,12+,15+,16-,18+/m1/s1. The van der Waals surface area contributed by atoms with Crippen molar-refractivity contribution in [2.45, 2.75) is 49.7 Å². The zero-order valence-electron chi connectivity index (χ0n) is 13.9. The highest BCUT2D eigenvalue weighted by Gasteiger charge is 2.63. The first-order valence-corrected chi connectivity index (χ1v) is 8.60. The van der Waals surface area contributed by atoms with E-state index in [9.17, 15) is 9.90 Å². The Hall–Kier alpha value is -1.63. The number of carboxylic acids is 1. The van der Waals surface area contributed by atoms with Crippen LogP contribution in [0.4, 0.5) is 0 Å². The molecule has 3 fully saturated rings. The number of aliphatic carboxylic acids is 1. The first-order valence-electron chi connectivity index (χ1n) is 8.60. The normalized spacial score (nSPS) is 42.5. The van der Waals surface area contributed by atoms with Gasteiger partial charge in [-0.3, -0.25) is 9.69 Å². The number of carboxylic acid groups (broad SMARTS) is 1. The van der Waals surface area contributed by atoms with Crippen LogP contribution in [0.2, 0.25) is 0 Å². The van der Waals surface area contributed by atoms with Crippen molar-refractivity contribution in [3.63, 3.8) is 0 Å². The molecule has 0 unspecified atom stereocenters. The van der Waals surface area contributed by atoms with E-state index in [4.69, 9.17) is 9.47 Å². The van der Waals surface area contributed by atoms with Crippen LogP contribution >= 0.6 is 0 Å². The predicted molar refractivity (Wildman–Crippen MR) is 85.9 cm³/mol. The van der Waals surface area contributed by atoms with Crippen LogP contribution < -0.4 is 10.1 Å². The number of ether oxygens (including phenoxy) is 2. The molecule has 0 radical (unpaired) electrons. The average Bonchev–Trinajstić information content (AvgIpc) is 3.12. The summed E-state index contributed by atoms with van der Waals surface area (Å²) in [6.07, 6.45) is 1.41. The van der Waals surface area contributed by atoms with Gasteiger partial charge in [0.05, 0.1) is 25.2 Å². The van der Waals surface area contributed by atoms with Gasteiger partial charge in [0, 0.05) is 23.7 Å². The van der Waals surface area contributed by atoms with Crippen molar-refractivity contribution in [2.75, 3.05) is 13.7 Å². The van der Waals surface area contributed by atoms with E-state index in [0.29, 0.717) is 13.0 Å². The van der Waals surface area contributed by atoms with Crippen LogP contribution in [0.15, 0.2) is 18.2 Å². The molecular formula is C18H22N2O4. The van der Waals surface area contributed by atoms with Crippen LogP contribution in [0.3, 0.4) is 0 Å². The molecule has 6 heteroatoms. The number of hydrogen-bond acceptors (Lipinski definition) is 5. The Labute approximate surface area is 140 Å². The third-order valence-corrected chi connectivity index (χ3v) is 6.46. The smallest absolute Gasteiger partial charge is 0.308 e. The van der Waals surface area contributed by atoms with Crippen LogP contribution in [0, 0.1) is 5.92 Å². The van der Waals surface area contributed by atoms with Gasteiger partial charge in [0.15, 0.2) is 0 Å². The Kier molecular flexibility index (Phi) is 2.89. The lowest BCUT2D eigenvalue weighted by molar-refractivity contribution is -0.143. The van der Waals surface area contributed by atoms with Gasteiger partial charge in [-0.05, 0) is 31.4 Å². The molecule has 6 atom stereocenters. The van der Waals surface area contributed by atoms with Crippen LogP contribution in [0.25, 0.3) is 0 Å². The minimum absolute atomic E-state index is 0.0240. The first-order chi connectivity index (χ1) is 11.5. The van der Waals surface area contributed by atoms with E-state index < -0.39 is 5.97 Å². The lowest BCUT2D eigenvalue weighted by Gasteiger charge is -2.52. The largest absolute Gasteiger partial charge is 0.496 e. The molecule has 0 spiro atoms. The van der Waals surface area contributed by atoms with Crippen molar-refractivity contribution >= 4 is 5.97 Å². The Morgan fingerprint density at radius 2 is 2.33 bits per heavy atom. The minimum Gasteiger partial charge on any atom is -0.496 e. The number of rotatable bonds is 2. The molecule has 5 rings (SSSR count). The molecular weight excluding hydrogens is 308 g/mol. The highest BCUT2D eigenvalue weighted by atomic mass is 16.5. The molecule has 0 aliphatic carbocycles. The monoisotopic (exact) mass is 330 g/mol. The van der Waals surface area contributed by atoms with Crippen molar-refractivity contribution in [1.82, 2.24) is 10.2 Å². The van der Waals surface area contributed by atoms with Gasteiger partial charge in [-0.2, -0.15) is 0 Å².